The molecule has 2 N–H and O–H groups in total. The summed E-state index contributed by atoms with van der Waals surface area (Å²) in [6.07, 6.45) is 2.30. The minimum atomic E-state index is -1.08. The van der Waals surface area contributed by atoms with E-state index >= 15 is 0 Å². The number of nitrogens with zero attached hydrogens (tertiary/aromatic N) is 3. The van der Waals surface area contributed by atoms with Gasteiger partial charge in [-0.3, -0.25) is 0 Å². The molecule has 0 unspecified atom stereocenters. The van der Waals surface area contributed by atoms with E-state index in [2.05, 4.69) is 20.7 Å². The van der Waals surface area contributed by atoms with Crippen LogP contribution in [-0.4, -0.2) is 20.8 Å². The first kappa shape index (κ1) is 15.4. The quantitative estimate of drug-likeness (QED) is 0.913. The molecule has 0 fully saturated rings. The summed E-state index contributed by atoms with van der Waals surface area (Å²) in [6, 6.07) is 2.73. The lowest BCUT2D eigenvalue weighted by Crippen LogP contribution is -2.36. The molecule has 6 nitrogen and oxygen atoms in total. The fourth-order valence-electron chi connectivity index (χ4n) is 2.60. The molecule has 0 bridgehead atoms. The molecule has 1 atom stereocenters. The molecular weight excluding hydrogens is 304 g/mol. The molecule has 23 heavy (non-hydrogen) atoms. The topological polar surface area (TPSA) is 71.8 Å². The van der Waals surface area contributed by atoms with Crippen molar-refractivity contribution in [3.8, 4) is 0 Å². The number of aromatic nitrogens is 3. The second-order valence-electron chi connectivity index (χ2n) is 5.36. The van der Waals surface area contributed by atoms with E-state index in [9.17, 15) is 13.6 Å². The molecule has 8 heteroatoms. The lowest BCUT2D eigenvalue weighted by molar-refractivity contribution is 0.244. The van der Waals surface area contributed by atoms with Gasteiger partial charge in [-0.25, -0.2) is 23.2 Å². The normalized spacial score (nSPS) is 16.7. The van der Waals surface area contributed by atoms with E-state index in [-0.39, 0.29) is 11.7 Å². The van der Waals surface area contributed by atoms with Crippen LogP contribution in [0.15, 0.2) is 18.2 Å². The summed E-state index contributed by atoms with van der Waals surface area (Å²) in [7, 11) is 0. The molecular formula is C15H17F2N5O. The molecule has 122 valence electrons. The van der Waals surface area contributed by atoms with Gasteiger partial charge < -0.3 is 10.6 Å². The number of carbonyl (C=O) groups is 1. The Morgan fingerprint density at radius 3 is 3.04 bits per heavy atom. The van der Waals surface area contributed by atoms with Crippen LogP contribution in [0.3, 0.4) is 0 Å². The number of urea groups is 1. The van der Waals surface area contributed by atoms with E-state index in [1.54, 1.807) is 4.68 Å². The standard InChI is InChI=1S/C15H17F2N5O/c1-2-12-20-14-11(7-4-8-22(14)21-12)19-15(23)18-10-6-3-5-9(16)13(10)17/h3,5-6,11H,2,4,7-8H2,1H3,(H2,18,19,23)/t11-/m1/s1. The van der Waals surface area contributed by atoms with E-state index < -0.39 is 17.7 Å². The van der Waals surface area contributed by atoms with Crippen LogP contribution in [0.5, 0.6) is 0 Å². The Hall–Kier alpha value is -2.51. The highest BCUT2D eigenvalue weighted by Gasteiger charge is 2.25. The Balaban J connectivity index is 1.71. The molecule has 1 aliphatic heterocycles. The second kappa shape index (κ2) is 6.31. The number of carbonyl (C=O) groups excluding carboxylic acids is 1. The summed E-state index contributed by atoms with van der Waals surface area (Å²) < 4.78 is 28.5. The van der Waals surface area contributed by atoms with Crippen LogP contribution in [0.1, 0.15) is 37.5 Å². The summed E-state index contributed by atoms with van der Waals surface area (Å²) in [5.74, 6) is -0.663. The van der Waals surface area contributed by atoms with Gasteiger partial charge in [-0.05, 0) is 25.0 Å². The zero-order chi connectivity index (χ0) is 16.4. The molecule has 0 saturated carbocycles. The number of hydrogen-bond donors (Lipinski definition) is 2. The van der Waals surface area contributed by atoms with Crippen molar-refractivity contribution in [3.63, 3.8) is 0 Å². The van der Waals surface area contributed by atoms with Crippen molar-refractivity contribution in [3.05, 3.63) is 41.5 Å². The summed E-state index contributed by atoms with van der Waals surface area (Å²) in [5.41, 5.74) is -0.200. The summed E-state index contributed by atoms with van der Waals surface area (Å²) in [5, 5.41) is 9.43. The van der Waals surface area contributed by atoms with Gasteiger partial charge in [0.1, 0.15) is 5.82 Å². The molecule has 0 radical (unpaired) electrons. The van der Waals surface area contributed by atoms with Gasteiger partial charge in [0.15, 0.2) is 17.5 Å². The third kappa shape index (κ3) is 3.15. The van der Waals surface area contributed by atoms with Gasteiger partial charge in [0.2, 0.25) is 0 Å². The van der Waals surface area contributed by atoms with Crippen LogP contribution < -0.4 is 10.6 Å². The molecule has 2 amide bonds. The van der Waals surface area contributed by atoms with Crippen molar-refractivity contribution in [2.45, 2.75) is 38.8 Å². The fraction of sp³-hybridized carbons (Fsp3) is 0.400. The number of amides is 2. The minimum Gasteiger partial charge on any atom is -0.328 e. The zero-order valence-electron chi connectivity index (χ0n) is 12.6. The average Bonchev–Trinajstić information content (AvgIpc) is 2.96. The van der Waals surface area contributed by atoms with Crippen molar-refractivity contribution < 1.29 is 13.6 Å². The van der Waals surface area contributed by atoms with Crippen LogP contribution in [0.4, 0.5) is 19.3 Å². The van der Waals surface area contributed by atoms with Crippen LogP contribution in [0.2, 0.25) is 0 Å². The fourth-order valence-corrected chi connectivity index (χ4v) is 2.60. The van der Waals surface area contributed by atoms with Gasteiger partial charge in [-0.1, -0.05) is 13.0 Å². The van der Waals surface area contributed by atoms with Gasteiger partial charge in [0.05, 0.1) is 11.7 Å². The molecule has 0 saturated heterocycles. The van der Waals surface area contributed by atoms with Crippen LogP contribution in [-0.2, 0) is 13.0 Å². The number of aryl methyl sites for hydroxylation is 2. The Morgan fingerprint density at radius 2 is 2.26 bits per heavy atom. The third-order valence-electron chi connectivity index (χ3n) is 3.74. The molecule has 2 heterocycles. The largest absolute Gasteiger partial charge is 0.328 e. The minimum absolute atomic E-state index is 0.200. The van der Waals surface area contributed by atoms with Gasteiger partial charge in [-0.15, -0.1) is 0 Å². The van der Waals surface area contributed by atoms with Gasteiger partial charge >= 0.3 is 6.03 Å². The van der Waals surface area contributed by atoms with Crippen molar-refractivity contribution in [1.29, 1.82) is 0 Å². The summed E-state index contributed by atoms with van der Waals surface area (Å²) in [4.78, 5) is 16.5. The first-order valence-corrected chi connectivity index (χ1v) is 7.53. The van der Waals surface area contributed by atoms with Gasteiger partial charge in [0, 0.05) is 13.0 Å². The maximum atomic E-state index is 13.6. The number of nitrogens with one attached hydrogen (secondary N) is 2. The molecule has 2 aromatic rings. The van der Waals surface area contributed by atoms with Crippen molar-refractivity contribution in [2.24, 2.45) is 0 Å². The van der Waals surface area contributed by atoms with Crippen LogP contribution in [0.25, 0.3) is 0 Å². The smallest absolute Gasteiger partial charge is 0.319 e. The lowest BCUT2D eigenvalue weighted by atomic mass is 10.1. The molecule has 0 aliphatic carbocycles. The highest BCUT2D eigenvalue weighted by molar-refractivity contribution is 5.89. The third-order valence-corrected chi connectivity index (χ3v) is 3.74. The van der Waals surface area contributed by atoms with Crippen molar-refractivity contribution in [1.82, 2.24) is 20.1 Å². The number of anilines is 1. The van der Waals surface area contributed by atoms with Gasteiger partial charge in [-0.2, -0.15) is 5.10 Å². The highest BCUT2D eigenvalue weighted by atomic mass is 19.2. The summed E-state index contributed by atoms with van der Waals surface area (Å²) in [6.45, 7) is 2.73. The number of benzene rings is 1. The Morgan fingerprint density at radius 1 is 1.43 bits per heavy atom. The van der Waals surface area contributed by atoms with E-state index in [4.69, 9.17) is 0 Å². The maximum Gasteiger partial charge on any atom is 0.319 e. The predicted octanol–water partition coefficient (Wildman–Crippen LogP) is 2.78. The lowest BCUT2D eigenvalue weighted by Gasteiger charge is -2.23. The van der Waals surface area contributed by atoms with Crippen molar-refractivity contribution >= 4 is 11.7 Å². The number of rotatable bonds is 3. The number of halogens is 2. The Bertz CT molecular complexity index is 731. The SMILES string of the molecule is CCc1nc2n(n1)CCC[C@H]2NC(=O)Nc1cccc(F)c1F. The van der Waals surface area contributed by atoms with Crippen LogP contribution >= 0.6 is 0 Å². The maximum absolute atomic E-state index is 13.6. The molecule has 3 rings (SSSR count). The molecule has 1 aromatic heterocycles. The Kier molecular flexibility index (Phi) is 4.22. The van der Waals surface area contributed by atoms with E-state index in [0.717, 1.165) is 31.3 Å². The van der Waals surface area contributed by atoms with E-state index in [1.807, 2.05) is 6.92 Å². The number of hydrogen-bond acceptors (Lipinski definition) is 3. The van der Waals surface area contributed by atoms with Crippen LogP contribution in [0, 0.1) is 11.6 Å². The highest BCUT2D eigenvalue weighted by Crippen LogP contribution is 2.23. The Labute approximate surface area is 131 Å². The predicted molar refractivity (Wildman–Crippen MR) is 79.9 cm³/mol. The number of fused-ring (bicyclic) bond motifs is 1. The summed E-state index contributed by atoms with van der Waals surface area (Å²) >= 11 is 0. The molecule has 1 aromatic carbocycles. The average molecular weight is 321 g/mol. The first-order valence-electron chi connectivity index (χ1n) is 7.53. The van der Waals surface area contributed by atoms with Gasteiger partial charge in [0.25, 0.3) is 0 Å². The van der Waals surface area contributed by atoms with E-state index in [1.165, 1.54) is 12.1 Å². The van der Waals surface area contributed by atoms with E-state index in [0.29, 0.717) is 12.2 Å². The first-order chi connectivity index (χ1) is 11.1. The zero-order valence-corrected chi connectivity index (χ0v) is 12.6. The molecule has 0 spiro atoms. The second-order valence-corrected chi connectivity index (χ2v) is 5.36. The molecule has 1 aliphatic rings. The monoisotopic (exact) mass is 321 g/mol. The van der Waals surface area contributed by atoms with Crippen molar-refractivity contribution in [2.75, 3.05) is 5.32 Å².